The number of aryl methyl sites for hydroxylation is 1. The number of anilines is 2. The topological polar surface area (TPSA) is 46.3 Å². The van der Waals surface area contributed by atoms with E-state index in [0.717, 1.165) is 52.1 Å². The van der Waals surface area contributed by atoms with Gasteiger partial charge in [-0.15, -0.1) is 10.2 Å². The number of hydrogen-bond donors (Lipinski definition) is 0. The third kappa shape index (κ3) is 2.23. The Morgan fingerprint density at radius 3 is 2.92 bits per heavy atom. The zero-order chi connectivity index (χ0) is 17.8. The summed E-state index contributed by atoms with van der Waals surface area (Å²) in [7, 11) is 0. The van der Waals surface area contributed by atoms with Gasteiger partial charge in [-0.1, -0.05) is 22.0 Å². The Kier molecular flexibility index (Phi) is 3.46. The molecule has 7 heteroatoms. The maximum absolute atomic E-state index is 14.1. The minimum atomic E-state index is -0.280. The van der Waals surface area contributed by atoms with E-state index in [9.17, 15) is 4.39 Å². The van der Waals surface area contributed by atoms with E-state index >= 15 is 0 Å². The first-order valence-electron chi connectivity index (χ1n) is 8.49. The van der Waals surface area contributed by atoms with E-state index in [2.05, 4.69) is 43.2 Å². The molecule has 2 aromatic heterocycles. The van der Waals surface area contributed by atoms with Gasteiger partial charge < -0.3 is 4.90 Å². The van der Waals surface area contributed by atoms with Crippen molar-refractivity contribution >= 4 is 44.1 Å². The van der Waals surface area contributed by atoms with Crippen molar-refractivity contribution in [1.29, 1.82) is 0 Å². The second kappa shape index (κ2) is 5.74. The molecule has 0 bridgehead atoms. The average Bonchev–Trinajstić information content (AvgIpc) is 3.02. The molecule has 0 fully saturated rings. The van der Waals surface area contributed by atoms with Gasteiger partial charge in [0.2, 0.25) is 0 Å². The van der Waals surface area contributed by atoms with Crippen LogP contribution in [0.4, 0.5) is 15.9 Å². The first kappa shape index (κ1) is 15.7. The highest BCUT2D eigenvalue weighted by Gasteiger charge is 2.24. The first-order chi connectivity index (χ1) is 12.6. The molecule has 0 unspecified atom stereocenters. The predicted octanol–water partition coefficient (Wildman–Crippen LogP) is 4.57. The van der Waals surface area contributed by atoms with Crippen LogP contribution in [0.5, 0.6) is 0 Å². The van der Waals surface area contributed by atoms with E-state index in [0.29, 0.717) is 5.78 Å². The minimum absolute atomic E-state index is 0.280. The Balaban J connectivity index is 1.85. The van der Waals surface area contributed by atoms with Crippen molar-refractivity contribution in [1.82, 2.24) is 19.6 Å². The molecule has 1 aliphatic rings. The fraction of sp³-hybridized carbons (Fsp3) is 0.211. The van der Waals surface area contributed by atoms with Crippen LogP contribution in [0, 0.1) is 12.7 Å². The van der Waals surface area contributed by atoms with Crippen molar-refractivity contribution in [3.8, 4) is 0 Å². The van der Waals surface area contributed by atoms with Crippen LogP contribution in [0.3, 0.4) is 0 Å². The normalized spacial score (nSPS) is 14.2. The summed E-state index contributed by atoms with van der Waals surface area (Å²) < 4.78 is 17.0. The van der Waals surface area contributed by atoms with Gasteiger partial charge in [0.1, 0.15) is 17.5 Å². The molecule has 0 aliphatic carbocycles. The van der Waals surface area contributed by atoms with Gasteiger partial charge in [-0.25, -0.2) is 4.39 Å². The lowest BCUT2D eigenvalue weighted by molar-refractivity contribution is 0.629. The number of hydrogen-bond acceptors (Lipinski definition) is 4. The van der Waals surface area contributed by atoms with E-state index < -0.39 is 0 Å². The number of aromatic nitrogens is 4. The summed E-state index contributed by atoms with van der Waals surface area (Å²) in [5.74, 6) is 1.70. The number of rotatable bonds is 1. The molecule has 5 nitrogen and oxygen atoms in total. The molecule has 0 radical (unpaired) electrons. The highest BCUT2D eigenvalue weighted by Crippen LogP contribution is 2.39. The van der Waals surface area contributed by atoms with E-state index in [-0.39, 0.29) is 5.82 Å². The van der Waals surface area contributed by atoms with Crippen molar-refractivity contribution in [3.63, 3.8) is 0 Å². The zero-order valence-electron chi connectivity index (χ0n) is 14.1. The summed E-state index contributed by atoms with van der Waals surface area (Å²) >= 11 is 3.65. The molecule has 4 aromatic rings. The van der Waals surface area contributed by atoms with Crippen molar-refractivity contribution in [2.75, 3.05) is 11.4 Å². The number of fused-ring (bicyclic) bond motifs is 4. The van der Waals surface area contributed by atoms with Crippen molar-refractivity contribution in [2.24, 2.45) is 0 Å². The molecule has 0 saturated carbocycles. The van der Waals surface area contributed by atoms with Crippen molar-refractivity contribution in [3.05, 3.63) is 58.1 Å². The predicted molar refractivity (Wildman–Crippen MR) is 102 cm³/mol. The van der Waals surface area contributed by atoms with E-state index in [1.165, 1.54) is 11.6 Å². The lowest BCUT2D eigenvalue weighted by atomic mass is 10.0. The molecule has 0 amide bonds. The van der Waals surface area contributed by atoms with Crippen LogP contribution < -0.4 is 4.90 Å². The molecule has 26 heavy (non-hydrogen) atoms. The molecule has 0 N–H and O–H groups in total. The summed E-state index contributed by atoms with van der Waals surface area (Å²) in [5, 5.41) is 9.09. The Bertz CT molecular complexity index is 1170. The minimum Gasteiger partial charge on any atom is -0.325 e. The Hall–Kier alpha value is -2.54. The third-order valence-corrected chi connectivity index (χ3v) is 5.65. The van der Waals surface area contributed by atoms with Gasteiger partial charge in [0.15, 0.2) is 0 Å². The van der Waals surface area contributed by atoms with Gasteiger partial charge in [-0.05, 0) is 55.7 Å². The average molecular weight is 412 g/mol. The quantitative estimate of drug-likeness (QED) is 0.460. The molecule has 0 saturated heterocycles. The van der Waals surface area contributed by atoms with Gasteiger partial charge in [-0.2, -0.15) is 4.98 Å². The summed E-state index contributed by atoms with van der Waals surface area (Å²) in [4.78, 5) is 6.91. The van der Waals surface area contributed by atoms with Crippen LogP contribution in [-0.4, -0.2) is 26.1 Å². The van der Waals surface area contributed by atoms with Crippen LogP contribution in [0.15, 0.2) is 40.9 Å². The van der Waals surface area contributed by atoms with Crippen LogP contribution in [0.2, 0.25) is 0 Å². The first-order valence-corrected chi connectivity index (χ1v) is 9.29. The largest absolute Gasteiger partial charge is 0.325 e. The number of nitrogens with zero attached hydrogens (tertiary/aromatic N) is 5. The van der Waals surface area contributed by atoms with Crippen molar-refractivity contribution in [2.45, 2.75) is 19.8 Å². The molecule has 5 rings (SSSR count). The number of benzene rings is 2. The SMILES string of the molecule is Cc1nnc2nc(N3CCCc4c(Br)cccc43)c3cc(F)ccc3n12. The standard InChI is InChI=1S/C19H15BrFN5/c1-11-23-24-19-22-18(14-10-12(21)7-8-17(14)26(11)19)25-9-3-4-13-15(20)5-2-6-16(13)25/h2,5-8,10H,3-4,9H2,1H3. The van der Waals surface area contributed by atoms with Gasteiger partial charge in [-0.3, -0.25) is 4.40 Å². The lowest BCUT2D eigenvalue weighted by Gasteiger charge is -2.31. The summed E-state index contributed by atoms with van der Waals surface area (Å²) in [6.07, 6.45) is 2.01. The molecule has 2 aromatic carbocycles. The van der Waals surface area contributed by atoms with Crippen LogP contribution in [0.25, 0.3) is 16.7 Å². The maximum atomic E-state index is 14.1. The summed E-state index contributed by atoms with van der Waals surface area (Å²) in [6.45, 7) is 2.70. The molecular weight excluding hydrogens is 397 g/mol. The number of halogens is 2. The Morgan fingerprint density at radius 1 is 1.15 bits per heavy atom. The van der Waals surface area contributed by atoms with E-state index in [1.807, 2.05) is 17.4 Å². The molecule has 130 valence electrons. The highest BCUT2D eigenvalue weighted by molar-refractivity contribution is 9.10. The second-order valence-corrected chi connectivity index (χ2v) is 7.33. The van der Waals surface area contributed by atoms with Gasteiger partial charge in [0.05, 0.1) is 5.52 Å². The molecule has 0 spiro atoms. The van der Waals surface area contributed by atoms with Crippen LogP contribution >= 0.6 is 15.9 Å². The molecule has 1 aliphatic heterocycles. The third-order valence-electron chi connectivity index (χ3n) is 4.90. The molecular formula is C19H15BrFN5. The maximum Gasteiger partial charge on any atom is 0.257 e. The zero-order valence-corrected chi connectivity index (χ0v) is 15.7. The van der Waals surface area contributed by atoms with Crippen molar-refractivity contribution < 1.29 is 4.39 Å². The summed E-state index contributed by atoms with van der Waals surface area (Å²) in [6, 6.07) is 10.9. The fourth-order valence-corrected chi connectivity index (χ4v) is 4.30. The Morgan fingerprint density at radius 2 is 2.04 bits per heavy atom. The van der Waals surface area contributed by atoms with Crippen LogP contribution in [0.1, 0.15) is 17.8 Å². The smallest absolute Gasteiger partial charge is 0.257 e. The summed E-state index contributed by atoms with van der Waals surface area (Å²) in [5.41, 5.74) is 3.21. The van der Waals surface area contributed by atoms with Crippen LogP contribution in [-0.2, 0) is 6.42 Å². The van der Waals surface area contributed by atoms with E-state index in [1.54, 1.807) is 12.1 Å². The van der Waals surface area contributed by atoms with Gasteiger partial charge >= 0.3 is 0 Å². The molecule has 3 heterocycles. The monoisotopic (exact) mass is 411 g/mol. The highest BCUT2D eigenvalue weighted by atomic mass is 79.9. The fourth-order valence-electron chi connectivity index (χ4n) is 3.75. The van der Waals surface area contributed by atoms with Gasteiger partial charge in [0, 0.05) is 22.1 Å². The van der Waals surface area contributed by atoms with Gasteiger partial charge in [0.25, 0.3) is 5.78 Å². The molecule has 0 atom stereocenters. The Labute approximate surface area is 157 Å². The van der Waals surface area contributed by atoms with E-state index in [4.69, 9.17) is 4.98 Å². The lowest BCUT2D eigenvalue weighted by Crippen LogP contribution is -2.26. The second-order valence-electron chi connectivity index (χ2n) is 6.47.